The molecule has 1 aromatic carbocycles. The highest BCUT2D eigenvalue weighted by molar-refractivity contribution is 5.27. The Morgan fingerprint density at radius 3 is 2.38 bits per heavy atom. The third-order valence-corrected chi connectivity index (χ3v) is 4.77. The van der Waals surface area contributed by atoms with Gasteiger partial charge in [0.2, 0.25) is 0 Å². The predicted octanol–water partition coefficient (Wildman–Crippen LogP) is 3.47. The zero-order valence-corrected chi connectivity index (χ0v) is 14.4. The summed E-state index contributed by atoms with van der Waals surface area (Å²) >= 11 is 0. The first-order valence-corrected chi connectivity index (χ1v) is 8.02. The quantitative estimate of drug-likeness (QED) is 0.757. The van der Waals surface area contributed by atoms with Gasteiger partial charge in [-0.15, -0.1) is 0 Å². The summed E-state index contributed by atoms with van der Waals surface area (Å²) in [6.45, 7) is 7.50. The van der Waals surface area contributed by atoms with Gasteiger partial charge in [-0.3, -0.25) is 4.90 Å². The lowest BCUT2D eigenvalue weighted by Crippen LogP contribution is -2.53. The number of likely N-dealkylation sites (N-methyl/N-ethyl adjacent to an activating group) is 1. The molecule has 0 spiro atoms. The van der Waals surface area contributed by atoms with Gasteiger partial charge in [0.15, 0.2) is 0 Å². The second kappa shape index (κ2) is 8.40. The maximum atomic E-state index is 6.09. The van der Waals surface area contributed by atoms with Crippen LogP contribution in [-0.4, -0.2) is 37.2 Å². The van der Waals surface area contributed by atoms with Gasteiger partial charge in [-0.05, 0) is 57.9 Å². The normalized spacial score (nSPS) is 15.8. The number of ether oxygens (including phenoxy) is 1. The van der Waals surface area contributed by atoms with E-state index in [-0.39, 0.29) is 5.54 Å². The van der Waals surface area contributed by atoms with Crippen LogP contribution in [-0.2, 0) is 6.42 Å². The van der Waals surface area contributed by atoms with Crippen molar-refractivity contribution in [2.24, 2.45) is 5.73 Å². The van der Waals surface area contributed by atoms with Crippen LogP contribution in [0, 0.1) is 0 Å². The van der Waals surface area contributed by atoms with Crippen LogP contribution in [0.5, 0.6) is 5.75 Å². The fourth-order valence-electron chi connectivity index (χ4n) is 2.77. The topological polar surface area (TPSA) is 38.5 Å². The fraction of sp³-hybridized carbons (Fsp3) is 0.667. The summed E-state index contributed by atoms with van der Waals surface area (Å²) in [5, 5.41) is 0. The van der Waals surface area contributed by atoms with Crippen molar-refractivity contribution in [2.45, 2.75) is 58.0 Å². The van der Waals surface area contributed by atoms with Crippen molar-refractivity contribution in [3.63, 3.8) is 0 Å². The third-order valence-electron chi connectivity index (χ3n) is 4.77. The van der Waals surface area contributed by atoms with E-state index >= 15 is 0 Å². The number of aryl methyl sites for hydroxylation is 1. The minimum Gasteiger partial charge on any atom is -0.497 e. The van der Waals surface area contributed by atoms with Gasteiger partial charge < -0.3 is 10.5 Å². The van der Waals surface area contributed by atoms with Gasteiger partial charge >= 0.3 is 0 Å². The zero-order valence-electron chi connectivity index (χ0n) is 14.4. The molecular formula is C18H32N2O. The molecule has 0 aliphatic rings. The van der Waals surface area contributed by atoms with Crippen LogP contribution in [0.4, 0.5) is 0 Å². The molecule has 0 aromatic heterocycles. The highest BCUT2D eigenvalue weighted by atomic mass is 16.5. The minimum absolute atomic E-state index is 0.0501. The molecule has 3 heteroatoms. The number of nitrogens with two attached hydrogens (primary N) is 1. The molecule has 0 saturated heterocycles. The number of hydrogen-bond acceptors (Lipinski definition) is 3. The minimum atomic E-state index is 0.0501. The summed E-state index contributed by atoms with van der Waals surface area (Å²) in [5.41, 5.74) is 7.48. The van der Waals surface area contributed by atoms with Gasteiger partial charge in [-0.1, -0.05) is 25.5 Å². The summed E-state index contributed by atoms with van der Waals surface area (Å²) in [5.74, 6) is 0.911. The molecule has 0 amide bonds. The Balaban J connectivity index is 2.66. The van der Waals surface area contributed by atoms with Crippen molar-refractivity contribution in [2.75, 3.05) is 20.7 Å². The smallest absolute Gasteiger partial charge is 0.118 e. The molecule has 0 heterocycles. The van der Waals surface area contributed by atoms with Crippen molar-refractivity contribution in [3.8, 4) is 5.75 Å². The van der Waals surface area contributed by atoms with E-state index in [9.17, 15) is 0 Å². The average Bonchev–Trinajstić information content (AvgIpc) is 2.52. The van der Waals surface area contributed by atoms with Gasteiger partial charge in [-0.25, -0.2) is 0 Å². The van der Waals surface area contributed by atoms with Gasteiger partial charge in [0, 0.05) is 18.1 Å². The van der Waals surface area contributed by atoms with Crippen LogP contribution in [0.3, 0.4) is 0 Å². The highest BCUT2D eigenvalue weighted by Gasteiger charge is 2.30. The molecule has 0 saturated carbocycles. The van der Waals surface area contributed by atoms with E-state index < -0.39 is 0 Å². The molecule has 0 aliphatic carbocycles. The third kappa shape index (κ3) is 5.01. The van der Waals surface area contributed by atoms with E-state index in [0.717, 1.165) is 18.6 Å². The van der Waals surface area contributed by atoms with Crippen molar-refractivity contribution in [1.29, 1.82) is 0 Å². The predicted molar refractivity (Wildman–Crippen MR) is 90.9 cm³/mol. The first-order chi connectivity index (χ1) is 9.96. The van der Waals surface area contributed by atoms with E-state index in [0.29, 0.717) is 12.6 Å². The van der Waals surface area contributed by atoms with E-state index in [1.54, 1.807) is 7.11 Å². The van der Waals surface area contributed by atoms with Crippen molar-refractivity contribution in [3.05, 3.63) is 29.8 Å². The fourth-order valence-corrected chi connectivity index (χ4v) is 2.77. The highest BCUT2D eigenvalue weighted by Crippen LogP contribution is 2.24. The number of rotatable bonds is 9. The van der Waals surface area contributed by atoms with Crippen molar-refractivity contribution >= 4 is 0 Å². The van der Waals surface area contributed by atoms with E-state index in [1.807, 2.05) is 12.1 Å². The number of methoxy groups -OCH3 is 1. The lowest BCUT2D eigenvalue weighted by Gasteiger charge is -2.42. The Bertz CT molecular complexity index is 404. The Morgan fingerprint density at radius 1 is 1.29 bits per heavy atom. The average molecular weight is 292 g/mol. The van der Waals surface area contributed by atoms with Gasteiger partial charge in [0.25, 0.3) is 0 Å². The lowest BCUT2D eigenvalue weighted by molar-refractivity contribution is 0.0874. The SMILES string of the molecule is CCCC(C)N(C)C(C)(CN)CCc1ccc(OC)cc1. The van der Waals surface area contributed by atoms with Gasteiger partial charge in [0.1, 0.15) is 5.75 Å². The van der Waals surface area contributed by atoms with Crippen molar-refractivity contribution < 1.29 is 4.74 Å². The molecule has 2 unspecified atom stereocenters. The van der Waals surface area contributed by atoms with E-state index in [1.165, 1.54) is 18.4 Å². The Labute approximate surface area is 130 Å². The molecule has 0 bridgehead atoms. The van der Waals surface area contributed by atoms with Crippen LogP contribution in [0.1, 0.15) is 45.6 Å². The summed E-state index contributed by atoms with van der Waals surface area (Å²) < 4.78 is 5.20. The standard InChI is InChI=1S/C18H32N2O/c1-6-7-15(2)20(4)18(3,14-19)13-12-16-8-10-17(21-5)11-9-16/h8-11,15H,6-7,12-14,19H2,1-5H3. The molecule has 3 nitrogen and oxygen atoms in total. The largest absolute Gasteiger partial charge is 0.497 e. The molecular weight excluding hydrogens is 260 g/mol. The molecule has 0 fully saturated rings. The molecule has 0 aliphatic heterocycles. The summed E-state index contributed by atoms with van der Waals surface area (Å²) in [6.07, 6.45) is 4.54. The second-order valence-electron chi connectivity index (χ2n) is 6.30. The second-order valence-corrected chi connectivity index (χ2v) is 6.30. The number of nitrogens with zero attached hydrogens (tertiary/aromatic N) is 1. The number of benzene rings is 1. The first kappa shape index (κ1) is 18.0. The molecule has 2 N–H and O–H groups in total. The van der Waals surface area contributed by atoms with Crippen LogP contribution >= 0.6 is 0 Å². The van der Waals surface area contributed by atoms with E-state index in [2.05, 4.69) is 44.9 Å². The molecule has 21 heavy (non-hydrogen) atoms. The maximum Gasteiger partial charge on any atom is 0.118 e. The lowest BCUT2D eigenvalue weighted by atomic mass is 9.90. The van der Waals surface area contributed by atoms with Crippen LogP contribution in [0.25, 0.3) is 0 Å². The van der Waals surface area contributed by atoms with Crippen LogP contribution < -0.4 is 10.5 Å². The zero-order chi connectivity index (χ0) is 15.9. The summed E-state index contributed by atoms with van der Waals surface area (Å²) in [4.78, 5) is 2.46. The van der Waals surface area contributed by atoms with Gasteiger partial charge in [-0.2, -0.15) is 0 Å². The molecule has 120 valence electrons. The van der Waals surface area contributed by atoms with Gasteiger partial charge in [0.05, 0.1) is 7.11 Å². The van der Waals surface area contributed by atoms with Crippen molar-refractivity contribution in [1.82, 2.24) is 4.90 Å². The Kier molecular flexibility index (Phi) is 7.20. The maximum absolute atomic E-state index is 6.09. The molecule has 0 radical (unpaired) electrons. The number of hydrogen-bond donors (Lipinski definition) is 1. The Morgan fingerprint density at radius 2 is 1.90 bits per heavy atom. The molecule has 1 aromatic rings. The Hall–Kier alpha value is -1.06. The first-order valence-electron chi connectivity index (χ1n) is 8.02. The summed E-state index contributed by atoms with van der Waals surface area (Å²) in [6, 6.07) is 8.91. The monoisotopic (exact) mass is 292 g/mol. The molecule has 1 rings (SSSR count). The van der Waals surface area contributed by atoms with Crippen LogP contribution in [0.2, 0.25) is 0 Å². The summed E-state index contributed by atoms with van der Waals surface area (Å²) in [7, 11) is 3.91. The van der Waals surface area contributed by atoms with Crippen LogP contribution in [0.15, 0.2) is 24.3 Å². The van der Waals surface area contributed by atoms with E-state index in [4.69, 9.17) is 10.5 Å². The molecule has 2 atom stereocenters.